The number of benzene rings is 2. The highest BCUT2D eigenvalue weighted by atomic mass is 16.5. The van der Waals surface area contributed by atoms with Gasteiger partial charge in [-0.25, -0.2) is 4.98 Å². The van der Waals surface area contributed by atoms with E-state index in [1.54, 1.807) is 0 Å². The van der Waals surface area contributed by atoms with Crippen LogP contribution >= 0.6 is 0 Å². The molecule has 0 bridgehead atoms. The zero-order valence-electron chi connectivity index (χ0n) is 17.6. The second kappa shape index (κ2) is 8.04. The van der Waals surface area contributed by atoms with Crippen molar-refractivity contribution in [3.05, 3.63) is 65.9 Å². The van der Waals surface area contributed by atoms with Crippen LogP contribution in [0.15, 0.2) is 54.7 Å². The molecule has 0 spiro atoms. The number of ether oxygens (including phenoxy) is 1. The number of carbonyl (C=O) groups is 1. The summed E-state index contributed by atoms with van der Waals surface area (Å²) in [4.78, 5) is 18.9. The van der Waals surface area contributed by atoms with Gasteiger partial charge in [-0.3, -0.25) is 4.79 Å². The summed E-state index contributed by atoms with van der Waals surface area (Å²) in [6.45, 7) is 5.28. The maximum Gasteiger partial charge on any atom is 0.251 e. The lowest BCUT2D eigenvalue weighted by Crippen LogP contribution is -2.43. The monoisotopic (exact) mass is 414 g/mol. The van der Waals surface area contributed by atoms with Gasteiger partial charge in [0.05, 0.1) is 13.2 Å². The largest absolute Gasteiger partial charge is 0.383 e. The van der Waals surface area contributed by atoms with Crippen LogP contribution in [0.1, 0.15) is 22.8 Å². The van der Waals surface area contributed by atoms with E-state index in [1.807, 2.05) is 18.3 Å². The van der Waals surface area contributed by atoms with Crippen molar-refractivity contribution in [3.63, 3.8) is 0 Å². The van der Waals surface area contributed by atoms with Crippen LogP contribution in [0.25, 0.3) is 22.3 Å². The predicted molar refractivity (Wildman–Crippen MR) is 123 cm³/mol. The molecule has 2 aromatic carbocycles. The second-order valence-corrected chi connectivity index (χ2v) is 8.20. The molecule has 3 N–H and O–H groups in total. The Hall–Kier alpha value is -3.38. The van der Waals surface area contributed by atoms with Gasteiger partial charge in [-0.2, -0.15) is 0 Å². The van der Waals surface area contributed by atoms with Crippen LogP contribution < -0.4 is 16.0 Å². The highest BCUT2D eigenvalue weighted by Crippen LogP contribution is 2.32. The standard InChI is InChI=1S/C25H26N4O2/c1-16-15-31-11-10-29(16)21-5-2-17(3-6-21)20-13-23(24(26)28-14-20)18-4-7-22-19(12-18)8-9-27-25(22)30/h2-7,12-14,16H,8-11,15H2,1H3,(H2,26,28)(H,27,30)/t16-/m1/s1. The molecule has 6 heteroatoms. The Labute approximate surface area is 182 Å². The molecule has 2 aliphatic rings. The Morgan fingerprint density at radius 3 is 2.68 bits per heavy atom. The lowest BCUT2D eigenvalue weighted by atomic mass is 9.94. The molecular weight excluding hydrogens is 388 g/mol. The van der Waals surface area contributed by atoms with Crippen molar-refractivity contribution in [2.24, 2.45) is 0 Å². The number of nitrogens with zero attached hydrogens (tertiary/aromatic N) is 2. The summed E-state index contributed by atoms with van der Waals surface area (Å²) >= 11 is 0. The number of nitrogens with one attached hydrogen (secondary N) is 1. The first-order chi connectivity index (χ1) is 15.1. The van der Waals surface area contributed by atoms with Crippen LogP contribution in [-0.2, 0) is 11.2 Å². The van der Waals surface area contributed by atoms with E-state index in [4.69, 9.17) is 10.5 Å². The number of amides is 1. The zero-order valence-corrected chi connectivity index (χ0v) is 17.6. The summed E-state index contributed by atoms with van der Waals surface area (Å²) in [5, 5.41) is 2.88. The smallest absolute Gasteiger partial charge is 0.251 e. The number of carbonyl (C=O) groups excluding carboxylic acids is 1. The highest BCUT2D eigenvalue weighted by molar-refractivity contribution is 5.97. The van der Waals surface area contributed by atoms with Gasteiger partial charge < -0.3 is 20.7 Å². The third-order valence-electron chi connectivity index (χ3n) is 6.16. The number of morpholine rings is 1. The third kappa shape index (κ3) is 3.75. The van der Waals surface area contributed by atoms with Crippen LogP contribution in [0.5, 0.6) is 0 Å². The van der Waals surface area contributed by atoms with Gasteiger partial charge in [0.15, 0.2) is 0 Å². The fraction of sp³-hybridized carbons (Fsp3) is 0.280. The van der Waals surface area contributed by atoms with E-state index >= 15 is 0 Å². The zero-order chi connectivity index (χ0) is 21.4. The average Bonchev–Trinajstić information content (AvgIpc) is 2.80. The normalized spacial score (nSPS) is 18.4. The number of nitrogens with two attached hydrogens (primary N) is 1. The van der Waals surface area contributed by atoms with E-state index < -0.39 is 0 Å². The number of rotatable bonds is 3. The van der Waals surface area contributed by atoms with E-state index in [-0.39, 0.29) is 5.91 Å². The van der Waals surface area contributed by atoms with E-state index in [9.17, 15) is 4.79 Å². The van der Waals surface area contributed by atoms with Gasteiger partial charge in [0.1, 0.15) is 5.82 Å². The molecule has 3 heterocycles. The molecule has 1 saturated heterocycles. The highest BCUT2D eigenvalue weighted by Gasteiger charge is 2.20. The minimum absolute atomic E-state index is 0.0117. The number of aromatic nitrogens is 1. The Balaban J connectivity index is 1.46. The third-order valence-corrected chi connectivity index (χ3v) is 6.16. The Kier molecular flexibility index (Phi) is 5.08. The van der Waals surface area contributed by atoms with Crippen molar-refractivity contribution in [1.29, 1.82) is 0 Å². The lowest BCUT2D eigenvalue weighted by molar-refractivity contribution is 0.0946. The van der Waals surface area contributed by atoms with Crippen molar-refractivity contribution in [2.45, 2.75) is 19.4 Å². The van der Waals surface area contributed by atoms with E-state index in [0.717, 1.165) is 59.6 Å². The summed E-state index contributed by atoms with van der Waals surface area (Å²) < 4.78 is 5.55. The van der Waals surface area contributed by atoms with Gasteiger partial charge >= 0.3 is 0 Å². The molecule has 1 atom stereocenters. The van der Waals surface area contributed by atoms with Gasteiger partial charge in [0.2, 0.25) is 0 Å². The quantitative estimate of drug-likeness (QED) is 0.686. The number of anilines is 2. The fourth-order valence-corrected chi connectivity index (χ4v) is 4.42. The predicted octanol–water partition coefficient (Wildman–Crippen LogP) is 3.51. The van der Waals surface area contributed by atoms with Gasteiger partial charge in [-0.1, -0.05) is 24.3 Å². The van der Waals surface area contributed by atoms with Crippen LogP contribution in [0.2, 0.25) is 0 Å². The average molecular weight is 415 g/mol. The van der Waals surface area contributed by atoms with Gasteiger partial charge in [-0.05, 0) is 54.3 Å². The fourth-order valence-electron chi connectivity index (χ4n) is 4.42. The van der Waals surface area contributed by atoms with Crippen molar-refractivity contribution < 1.29 is 9.53 Å². The minimum Gasteiger partial charge on any atom is -0.383 e. The van der Waals surface area contributed by atoms with Crippen molar-refractivity contribution in [1.82, 2.24) is 10.3 Å². The molecule has 1 aromatic heterocycles. The molecular formula is C25H26N4O2. The molecule has 6 nitrogen and oxygen atoms in total. The number of hydrogen-bond acceptors (Lipinski definition) is 5. The molecule has 5 rings (SSSR count). The first-order valence-electron chi connectivity index (χ1n) is 10.7. The van der Waals surface area contributed by atoms with Crippen LogP contribution in [0.3, 0.4) is 0 Å². The molecule has 0 radical (unpaired) electrons. The second-order valence-electron chi connectivity index (χ2n) is 8.20. The SMILES string of the molecule is C[C@@H]1COCCN1c1ccc(-c2cnc(N)c(-c3ccc4c(c3)CCNC4=O)c2)cc1. The molecule has 2 aliphatic heterocycles. The summed E-state index contributed by atoms with van der Waals surface area (Å²) in [6.07, 6.45) is 2.64. The van der Waals surface area contributed by atoms with Crippen LogP contribution in [0.4, 0.5) is 11.5 Å². The maximum atomic E-state index is 12.0. The van der Waals surface area contributed by atoms with Crippen molar-refractivity contribution >= 4 is 17.4 Å². The van der Waals surface area contributed by atoms with Gasteiger partial charge in [-0.15, -0.1) is 0 Å². The maximum absolute atomic E-state index is 12.0. The first kappa shape index (κ1) is 19.6. The summed E-state index contributed by atoms with van der Waals surface area (Å²) in [7, 11) is 0. The van der Waals surface area contributed by atoms with Crippen LogP contribution in [0, 0.1) is 0 Å². The molecule has 31 heavy (non-hydrogen) atoms. The van der Waals surface area contributed by atoms with E-state index in [0.29, 0.717) is 18.4 Å². The number of nitrogen functional groups attached to an aromatic ring is 1. The van der Waals surface area contributed by atoms with E-state index in [2.05, 4.69) is 58.5 Å². The topological polar surface area (TPSA) is 80.5 Å². The van der Waals surface area contributed by atoms with E-state index in [1.165, 1.54) is 5.69 Å². The Bertz CT molecular complexity index is 1130. The first-order valence-corrected chi connectivity index (χ1v) is 10.7. The number of pyridine rings is 1. The van der Waals surface area contributed by atoms with Crippen LogP contribution in [-0.4, -0.2) is 43.2 Å². The number of hydrogen-bond donors (Lipinski definition) is 2. The summed E-state index contributed by atoms with van der Waals surface area (Å²) in [6, 6.07) is 16.9. The molecule has 158 valence electrons. The van der Waals surface area contributed by atoms with Gasteiger partial charge in [0.25, 0.3) is 5.91 Å². The summed E-state index contributed by atoms with van der Waals surface area (Å²) in [5.41, 5.74) is 13.2. The summed E-state index contributed by atoms with van der Waals surface area (Å²) in [5.74, 6) is 0.477. The minimum atomic E-state index is -0.0117. The molecule has 1 fully saturated rings. The molecule has 0 unspecified atom stereocenters. The molecule has 3 aromatic rings. The molecule has 0 aliphatic carbocycles. The molecule has 0 saturated carbocycles. The lowest BCUT2D eigenvalue weighted by Gasteiger charge is -2.35. The van der Waals surface area contributed by atoms with Crippen molar-refractivity contribution in [3.8, 4) is 22.3 Å². The Morgan fingerprint density at radius 2 is 1.87 bits per heavy atom. The molecule has 1 amide bonds. The van der Waals surface area contributed by atoms with Gasteiger partial charge in [0, 0.05) is 47.7 Å². The number of fused-ring (bicyclic) bond motifs is 1. The Morgan fingerprint density at radius 1 is 1.06 bits per heavy atom. The van der Waals surface area contributed by atoms with Crippen molar-refractivity contribution in [2.75, 3.05) is 36.9 Å².